The fraction of sp³-hybridized carbons (Fsp3) is 0.615. The van der Waals surface area contributed by atoms with Crippen LogP contribution in [0.4, 0.5) is 0 Å². The van der Waals surface area contributed by atoms with Crippen molar-refractivity contribution in [2.45, 2.75) is 44.8 Å². The Balaban J connectivity index is 2.42. The van der Waals surface area contributed by atoms with Crippen molar-refractivity contribution in [2.75, 3.05) is 6.61 Å². The van der Waals surface area contributed by atoms with Crippen LogP contribution in [0.5, 0.6) is 0 Å². The van der Waals surface area contributed by atoms with Gasteiger partial charge in [0.1, 0.15) is 6.61 Å². The van der Waals surface area contributed by atoms with Crippen LogP contribution in [-0.2, 0) is 14.3 Å². The number of halogens is 1. The Bertz CT molecular complexity index is 299. The molecular weight excluding hydrogens is 331 g/mol. The second kappa shape index (κ2) is 7.87. The van der Waals surface area contributed by atoms with E-state index in [-0.39, 0.29) is 18.2 Å². The molecule has 3 nitrogen and oxygen atoms in total. The molecule has 1 aliphatic heterocycles. The van der Waals surface area contributed by atoms with Gasteiger partial charge in [0.25, 0.3) is 0 Å². The van der Waals surface area contributed by atoms with E-state index < -0.39 is 0 Å². The minimum Gasteiger partial charge on any atom is -0.463 e. The second-order valence-corrected chi connectivity index (χ2v) is 4.76. The highest BCUT2D eigenvalue weighted by atomic mass is 127. The summed E-state index contributed by atoms with van der Waals surface area (Å²) in [5.41, 5.74) is 1.33. The molecule has 0 N–H and O–H groups in total. The number of carbonyl (C=O) groups is 1. The van der Waals surface area contributed by atoms with E-state index in [4.69, 9.17) is 9.47 Å². The first-order valence-corrected chi connectivity index (χ1v) is 7.15. The van der Waals surface area contributed by atoms with Gasteiger partial charge in [-0.2, -0.15) is 0 Å². The largest absolute Gasteiger partial charge is 0.463 e. The fourth-order valence-electron chi connectivity index (χ4n) is 1.77. The zero-order valence-corrected chi connectivity index (χ0v) is 12.3. The summed E-state index contributed by atoms with van der Waals surface area (Å²) in [6.07, 6.45) is 4.84. The van der Waals surface area contributed by atoms with Gasteiger partial charge in [0.15, 0.2) is 0 Å². The Morgan fingerprint density at radius 1 is 1.65 bits per heavy atom. The molecule has 0 spiro atoms. The van der Waals surface area contributed by atoms with Crippen LogP contribution in [0.15, 0.2) is 22.3 Å². The molecule has 96 valence electrons. The highest BCUT2D eigenvalue weighted by Crippen LogP contribution is 2.26. The SMILES string of the molecule is C=C[C@@H]1C/C(=C/I)C[C@H](COC(=O)CCC)O1. The Morgan fingerprint density at radius 2 is 2.41 bits per heavy atom. The van der Waals surface area contributed by atoms with Gasteiger partial charge in [-0.3, -0.25) is 4.79 Å². The first kappa shape index (κ1) is 14.7. The average Bonchev–Trinajstić information content (AvgIpc) is 2.36. The summed E-state index contributed by atoms with van der Waals surface area (Å²) in [5.74, 6) is -0.142. The standard InChI is InChI=1S/C13H19IO3/c1-3-5-13(15)16-9-12-7-10(8-14)6-11(4-2)17-12/h4,8,11-12H,2-3,5-7,9H2,1H3/b10-8-/t11-,12-/m1/s1. The van der Waals surface area contributed by atoms with E-state index in [0.29, 0.717) is 13.0 Å². The van der Waals surface area contributed by atoms with Crippen molar-refractivity contribution in [2.24, 2.45) is 0 Å². The third kappa shape index (κ3) is 5.21. The van der Waals surface area contributed by atoms with E-state index in [9.17, 15) is 4.79 Å². The van der Waals surface area contributed by atoms with Crippen molar-refractivity contribution in [1.82, 2.24) is 0 Å². The maximum atomic E-state index is 11.3. The van der Waals surface area contributed by atoms with Gasteiger partial charge < -0.3 is 9.47 Å². The zero-order valence-electron chi connectivity index (χ0n) is 10.2. The molecule has 1 fully saturated rings. The van der Waals surface area contributed by atoms with Gasteiger partial charge in [0, 0.05) is 6.42 Å². The average molecular weight is 350 g/mol. The molecular formula is C13H19IO3. The summed E-state index contributed by atoms with van der Waals surface area (Å²) in [5, 5.41) is 0. The first-order chi connectivity index (χ1) is 8.19. The minimum absolute atomic E-state index is 0.0337. The lowest BCUT2D eigenvalue weighted by Gasteiger charge is -2.29. The molecule has 2 atom stereocenters. The molecule has 1 saturated heterocycles. The third-order valence-corrected chi connectivity index (χ3v) is 3.50. The molecule has 1 aliphatic rings. The molecule has 0 aromatic heterocycles. The minimum atomic E-state index is -0.142. The summed E-state index contributed by atoms with van der Waals surface area (Å²) in [6.45, 7) is 6.06. The molecule has 0 aromatic carbocycles. The Hall–Kier alpha value is -0.360. The van der Waals surface area contributed by atoms with Crippen LogP contribution in [0.1, 0.15) is 32.6 Å². The molecule has 0 unspecified atom stereocenters. The summed E-state index contributed by atoms with van der Waals surface area (Å²) in [6, 6.07) is 0. The number of hydrogen-bond donors (Lipinski definition) is 0. The smallest absolute Gasteiger partial charge is 0.305 e. The van der Waals surface area contributed by atoms with E-state index in [2.05, 4.69) is 33.3 Å². The molecule has 4 heteroatoms. The van der Waals surface area contributed by atoms with Crippen molar-refractivity contribution in [3.63, 3.8) is 0 Å². The van der Waals surface area contributed by atoms with Gasteiger partial charge in [-0.1, -0.05) is 41.2 Å². The van der Waals surface area contributed by atoms with E-state index in [1.54, 1.807) is 6.08 Å². The lowest BCUT2D eigenvalue weighted by atomic mass is 9.99. The highest BCUT2D eigenvalue weighted by molar-refractivity contribution is 14.1. The third-order valence-electron chi connectivity index (χ3n) is 2.62. The number of rotatable bonds is 5. The Labute approximate surface area is 116 Å². The van der Waals surface area contributed by atoms with Crippen molar-refractivity contribution in [3.8, 4) is 0 Å². The van der Waals surface area contributed by atoms with Crippen molar-refractivity contribution in [1.29, 1.82) is 0 Å². The molecule has 0 amide bonds. The van der Waals surface area contributed by atoms with Crippen LogP contribution in [0.3, 0.4) is 0 Å². The van der Waals surface area contributed by atoms with Crippen LogP contribution >= 0.6 is 22.6 Å². The molecule has 1 rings (SSSR count). The summed E-state index contributed by atoms with van der Waals surface area (Å²) < 4.78 is 13.0. The molecule has 17 heavy (non-hydrogen) atoms. The van der Waals surface area contributed by atoms with Crippen LogP contribution in [0.2, 0.25) is 0 Å². The van der Waals surface area contributed by atoms with Gasteiger partial charge in [-0.15, -0.1) is 6.58 Å². The predicted molar refractivity (Wildman–Crippen MR) is 76.1 cm³/mol. The van der Waals surface area contributed by atoms with Crippen molar-refractivity contribution >= 4 is 28.6 Å². The zero-order chi connectivity index (χ0) is 12.7. The van der Waals surface area contributed by atoms with Crippen LogP contribution in [0, 0.1) is 0 Å². The fourth-order valence-corrected chi connectivity index (χ4v) is 2.27. The molecule has 0 saturated carbocycles. The molecule has 0 aromatic rings. The Kier molecular flexibility index (Phi) is 6.80. The second-order valence-electron chi connectivity index (χ2n) is 4.14. The number of esters is 1. The van der Waals surface area contributed by atoms with Gasteiger partial charge in [-0.25, -0.2) is 0 Å². The summed E-state index contributed by atoms with van der Waals surface area (Å²) in [4.78, 5) is 11.3. The predicted octanol–water partition coefficient (Wildman–Crippen LogP) is 3.38. The summed E-state index contributed by atoms with van der Waals surface area (Å²) >= 11 is 2.24. The van der Waals surface area contributed by atoms with Gasteiger partial charge in [0.2, 0.25) is 0 Å². The Morgan fingerprint density at radius 3 is 3.00 bits per heavy atom. The normalized spacial score (nSPS) is 26.8. The van der Waals surface area contributed by atoms with Gasteiger partial charge >= 0.3 is 5.97 Å². The highest BCUT2D eigenvalue weighted by Gasteiger charge is 2.24. The lowest BCUT2D eigenvalue weighted by molar-refractivity contribution is -0.149. The van der Waals surface area contributed by atoms with Crippen LogP contribution < -0.4 is 0 Å². The summed E-state index contributed by atoms with van der Waals surface area (Å²) in [7, 11) is 0. The first-order valence-electron chi connectivity index (χ1n) is 5.91. The molecule has 0 radical (unpaired) electrons. The number of carbonyl (C=O) groups excluding carboxylic acids is 1. The van der Waals surface area contributed by atoms with Crippen LogP contribution in [-0.4, -0.2) is 24.8 Å². The molecule has 1 heterocycles. The van der Waals surface area contributed by atoms with Crippen LogP contribution in [0.25, 0.3) is 0 Å². The van der Waals surface area contributed by atoms with Gasteiger partial charge in [-0.05, 0) is 23.3 Å². The number of hydrogen-bond acceptors (Lipinski definition) is 3. The topological polar surface area (TPSA) is 35.5 Å². The van der Waals surface area contributed by atoms with E-state index in [1.807, 2.05) is 6.92 Å². The maximum absolute atomic E-state index is 11.3. The lowest BCUT2D eigenvalue weighted by Crippen LogP contribution is -2.31. The van der Waals surface area contributed by atoms with E-state index in [1.165, 1.54) is 5.57 Å². The molecule has 0 aliphatic carbocycles. The molecule has 0 bridgehead atoms. The van der Waals surface area contributed by atoms with E-state index >= 15 is 0 Å². The maximum Gasteiger partial charge on any atom is 0.305 e. The van der Waals surface area contributed by atoms with Crippen molar-refractivity contribution < 1.29 is 14.3 Å². The van der Waals surface area contributed by atoms with E-state index in [0.717, 1.165) is 19.3 Å². The monoisotopic (exact) mass is 350 g/mol. The quantitative estimate of drug-likeness (QED) is 0.433. The number of ether oxygens (including phenoxy) is 2. The van der Waals surface area contributed by atoms with Gasteiger partial charge in [0.05, 0.1) is 12.2 Å². The van der Waals surface area contributed by atoms with Crippen molar-refractivity contribution in [3.05, 3.63) is 22.3 Å².